The number of esters is 2. The smallest absolute Gasteiger partial charge is 0.339 e. The molecule has 0 bridgehead atoms. The summed E-state index contributed by atoms with van der Waals surface area (Å²) in [5, 5.41) is 0. The van der Waals surface area contributed by atoms with Crippen LogP contribution in [0.3, 0.4) is 0 Å². The third-order valence-corrected chi connectivity index (χ3v) is 7.78. The van der Waals surface area contributed by atoms with Crippen LogP contribution in [0.4, 0.5) is 0 Å². The molecule has 2 aromatic rings. The minimum absolute atomic E-state index is 0.00791. The topological polar surface area (TPSA) is 65.5 Å². The quantitative estimate of drug-likeness (QED) is 0.0969. The van der Waals surface area contributed by atoms with Crippen LogP contribution in [-0.4, -0.2) is 23.5 Å². The van der Waals surface area contributed by atoms with E-state index >= 15 is 0 Å². The van der Waals surface area contributed by atoms with E-state index in [2.05, 4.69) is 30.7 Å². The highest BCUT2D eigenvalue weighted by atomic mass is 16.5. The molecule has 0 saturated heterocycles. The molecule has 0 N–H and O–H groups in total. The maximum absolute atomic E-state index is 12.6. The van der Waals surface area contributed by atoms with Crippen LogP contribution in [0.5, 0.6) is 5.75 Å². The van der Waals surface area contributed by atoms with Crippen LogP contribution in [0.2, 0.25) is 0 Å². The fourth-order valence-electron chi connectivity index (χ4n) is 5.21. The fourth-order valence-corrected chi connectivity index (χ4v) is 5.21. The van der Waals surface area contributed by atoms with Gasteiger partial charge in [-0.2, -0.15) is 0 Å². The summed E-state index contributed by atoms with van der Waals surface area (Å²) in [5.41, 5.74) is 1.81. The summed E-state index contributed by atoms with van der Waals surface area (Å²) in [4.78, 5) is 29.2. The van der Waals surface area contributed by atoms with Gasteiger partial charge in [-0.05, 0) is 80.3 Å². The molecule has 5 heteroatoms. The van der Waals surface area contributed by atoms with Crippen molar-refractivity contribution in [2.45, 2.75) is 110 Å². The molecule has 5 nitrogen and oxygen atoms in total. The first-order chi connectivity index (χ1) is 19.6. The molecule has 1 heterocycles. The average Bonchev–Trinajstić information content (AvgIpc) is 2.99. The van der Waals surface area contributed by atoms with Crippen LogP contribution in [0.1, 0.15) is 132 Å². The first-order valence-electron chi connectivity index (χ1n) is 15.6. The second kappa shape index (κ2) is 18.3. The Labute approximate surface area is 241 Å². The summed E-state index contributed by atoms with van der Waals surface area (Å²) < 4.78 is 11.0. The molecule has 1 aliphatic carbocycles. The predicted molar refractivity (Wildman–Crippen MR) is 160 cm³/mol. The predicted octanol–water partition coefficient (Wildman–Crippen LogP) is 8.68. The SMILES string of the molecule is CCCCCCCCCOC(=O)c1ccc(C#Cc2ccc(OC(=O)C3CCC(CCCCC)CC3)cc2)nc1. The number of unbranched alkanes of at least 4 members (excludes halogenated alkanes) is 8. The highest BCUT2D eigenvalue weighted by Gasteiger charge is 2.27. The van der Waals surface area contributed by atoms with Crippen molar-refractivity contribution in [3.8, 4) is 17.6 Å². The van der Waals surface area contributed by atoms with Gasteiger partial charge in [0.1, 0.15) is 11.4 Å². The van der Waals surface area contributed by atoms with Gasteiger partial charge in [0.15, 0.2) is 0 Å². The van der Waals surface area contributed by atoms with Crippen LogP contribution in [0.25, 0.3) is 0 Å². The maximum Gasteiger partial charge on any atom is 0.339 e. The molecule has 0 atom stereocenters. The van der Waals surface area contributed by atoms with Crippen LogP contribution in [0.15, 0.2) is 42.6 Å². The maximum atomic E-state index is 12.6. The zero-order valence-corrected chi connectivity index (χ0v) is 24.6. The molecule has 0 amide bonds. The van der Waals surface area contributed by atoms with Gasteiger partial charge in [-0.3, -0.25) is 4.79 Å². The van der Waals surface area contributed by atoms with Crippen molar-refractivity contribution in [2.75, 3.05) is 6.61 Å². The normalized spacial score (nSPS) is 16.6. The van der Waals surface area contributed by atoms with Crippen molar-refractivity contribution in [3.63, 3.8) is 0 Å². The third-order valence-electron chi connectivity index (χ3n) is 7.78. The van der Waals surface area contributed by atoms with Gasteiger partial charge in [0.2, 0.25) is 0 Å². The Kier molecular flexibility index (Phi) is 14.3. The Balaban J connectivity index is 1.38. The van der Waals surface area contributed by atoms with Crippen molar-refractivity contribution in [3.05, 3.63) is 59.4 Å². The molecule has 40 heavy (non-hydrogen) atoms. The molecular formula is C35H47NO4. The van der Waals surface area contributed by atoms with E-state index in [0.717, 1.165) is 50.0 Å². The lowest BCUT2D eigenvalue weighted by Crippen LogP contribution is -2.25. The molecule has 0 unspecified atom stereocenters. The Morgan fingerprint density at radius 2 is 1.48 bits per heavy atom. The Hall–Kier alpha value is -3.13. The van der Waals surface area contributed by atoms with Gasteiger partial charge >= 0.3 is 11.9 Å². The van der Waals surface area contributed by atoms with Gasteiger partial charge in [-0.1, -0.05) is 84.0 Å². The first kappa shape index (κ1) is 31.4. The Morgan fingerprint density at radius 3 is 2.15 bits per heavy atom. The zero-order chi connectivity index (χ0) is 28.4. The van der Waals surface area contributed by atoms with Crippen LogP contribution in [0, 0.1) is 23.7 Å². The van der Waals surface area contributed by atoms with Crippen molar-refractivity contribution >= 4 is 11.9 Å². The number of pyridine rings is 1. The number of carbonyl (C=O) groups is 2. The summed E-state index contributed by atoms with van der Waals surface area (Å²) in [6, 6.07) is 10.7. The van der Waals surface area contributed by atoms with Crippen molar-refractivity contribution in [1.29, 1.82) is 0 Å². The Morgan fingerprint density at radius 1 is 0.800 bits per heavy atom. The van der Waals surface area contributed by atoms with Gasteiger partial charge in [-0.25, -0.2) is 9.78 Å². The lowest BCUT2D eigenvalue weighted by atomic mass is 9.80. The standard InChI is InChI=1S/C35H47NO4/c1-3-5-7-8-9-10-12-26-39-34(37)31-21-23-32(36-27-31)22-16-29-17-24-33(25-18-29)40-35(38)30-19-14-28(15-20-30)13-11-6-4-2/h17-18,21,23-25,27-28,30H,3-15,19-20,26H2,1-2H3. The van der Waals surface area contributed by atoms with E-state index < -0.39 is 0 Å². The molecule has 3 rings (SSSR count). The van der Waals surface area contributed by atoms with Crippen molar-refractivity contribution < 1.29 is 19.1 Å². The molecule has 0 radical (unpaired) electrons. The molecule has 1 aromatic heterocycles. The number of aromatic nitrogens is 1. The van der Waals surface area contributed by atoms with E-state index in [4.69, 9.17) is 9.47 Å². The lowest BCUT2D eigenvalue weighted by Gasteiger charge is -2.27. The summed E-state index contributed by atoms with van der Waals surface area (Å²) in [7, 11) is 0. The summed E-state index contributed by atoms with van der Waals surface area (Å²) in [6.07, 6.45) is 19.1. The van der Waals surface area contributed by atoms with E-state index in [1.54, 1.807) is 24.3 Å². The number of benzene rings is 1. The highest BCUT2D eigenvalue weighted by molar-refractivity contribution is 5.89. The van der Waals surface area contributed by atoms with E-state index in [0.29, 0.717) is 23.6 Å². The summed E-state index contributed by atoms with van der Waals surface area (Å²) in [5.74, 6) is 6.97. The van der Waals surface area contributed by atoms with E-state index in [-0.39, 0.29) is 17.9 Å². The van der Waals surface area contributed by atoms with Crippen LogP contribution < -0.4 is 4.74 Å². The molecular weight excluding hydrogens is 498 g/mol. The second-order valence-electron chi connectivity index (χ2n) is 11.1. The third kappa shape index (κ3) is 11.5. The monoisotopic (exact) mass is 545 g/mol. The van der Waals surface area contributed by atoms with Crippen molar-refractivity contribution in [1.82, 2.24) is 4.98 Å². The molecule has 1 aliphatic rings. The average molecular weight is 546 g/mol. The summed E-state index contributed by atoms with van der Waals surface area (Å²) >= 11 is 0. The minimum Gasteiger partial charge on any atom is -0.462 e. The Bertz CT molecular complexity index is 1070. The lowest BCUT2D eigenvalue weighted by molar-refractivity contribution is -0.140. The number of rotatable bonds is 15. The van der Waals surface area contributed by atoms with Crippen molar-refractivity contribution in [2.24, 2.45) is 11.8 Å². The number of nitrogens with zero attached hydrogens (tertiary/aromatic N) is 1. The molecule has 0 spiro atoms. The highest BCUT2D eigenvalue weighted by Crippen LogP contribution is 2.33. The van der Waals surface area contributed by atoms with Gasteiger partial charge in [0.25, 0.3) is 0 Å². The van der Waals surface area contributed by atoms with E-state index in [1.165, 1.54) is 64.0 Å². The largest absolute Gasteiger partial charge is 0.462 e. The minimum atomic E-state index is -0.344. The number of hydrogen-bond donors (Lipinski definition) is 0. The molecule has 216 valence electrons. The van der Waals surface area contributed by atoms with Gasteiger partial charge in [-0.15, -0.1) is 0 Å². The number of carbonyl (C=O) groups excluding carboxylic acids is 2. The zero-order valence-electron chi connectivity index (χ0n) is 24.6. The first-order valence-corrected chi connectivity index (χ1v) is 15.6. The van der Waals surface area contributed by atoms with Gasteiger partial charge in [0, 0.05) is 11.8 Å². The molecule has 0 aliphatic heterocycles. The number of ether oxygens (including phenoxy) is 2. The van der Waals surface area contributed by atoms with E-state index in [1.807, 2.05) is 12.1 Å². The molecule has 1 fully saturated rings. The van der Waals surface area contributed by atoms with E-state index in [9.17, 15) is 9.59 Å². The van der Waals surface area contributed by atoms with Crippen LogP contribution >= 0.6 is 0 Å². The van der Waals surface area contributed by atoms with Crippen LogP contribution in [-0.2, 0) is 9.53 Å². The van der Waals surface area contributed by atoms with Gasteiger partial charge in [0.05, 0.1) is 18.1 Å². The second-order valence-corrected chi connectivity index (χ2v) is 11.1. The fraction of sp³-hybridized carbons (Fsp3) is 0.571. The molecule has 1 saturated carbocycles. The summed E-state index contributed by atoms with van der Waals surface area (Å²) in [6.45, 7) is 4.90. The van der Waals surface area contributed by atoms with Gasteiger partial charge < -0.3 is 9.47 Å². The number of hydrogen-bond acceptors (Lipinski definition) is 5. The molecule has 1 aromatic carbocycles.